The van der Waals surface area contributed by atoms with Crippen LogP contribution in [0.25, 0.3) is 11.1 Å². The summed E-state index contributed by atoms with van der Waals surface area (Å²) in [6.45, 7) is 1.07. The van der Waals surface area contributed by atoms with Gasteiger partial charge in [-0.1, -0.05) is 12.1 Å². The van der Waals surface area contributed by atoms with Crippen molar-refractivity contribution in [3.63, 3.8) is 0 Å². The molecule has 0 aliphatic carbocycles. The van der Waals surface area contributed by atoms with E-state index in [9.17, 15) is 22.4 Å². The Bertz CT molecular complexity index is 1050. The summed E-state index contributed by atoms with van der Waals surface area (Å²) in [6.07, 6.45) is 0.371. The molecule has 1 atom stereocenters. The standard InChI is InChI=1S/C21H19F4N5O/c22-17-4-1-14(2-5-17)15-9-27-30(11-15)13-20(31)28-18-7-8-29(12-18)19-6-3-16(10-26-19)21(23,24)25/h1-6,9-11,18H,7-8,12-13H2,(H,28,31). The largest absolute Gasteiger partial charge is 0.417 e. The molecular weight excluding hydrogens is 414 g/mol. The Hall–Kier alpha value is -3.43. The lowest BCUT2D eigenvalue weighted by Crippen LogP contribution is -2.39. The van der Waals surface area contributed by atoms with Crippen molar-refractivity contribution >= 4 is 11.7 Å². The van der Waals surface area contributed by atoms with Crippen LogP contribution in [0.1, 0.15) is 12.0 Å². The SMILES string of the molecule is O=C(Cn1cc(-c2ccc(F)cc2)cn1)NC1CCN(c2ccc(C(F)(F)F)cn2)C1. The summed E-state index contributed by atoms with van der Waals surface area (Å²) in [5.74, 6) is -0.102. The molecule has 10 heteroatoms. The number of aromatic nitrogens is 3. The molecule has 162 valence electrons. The normalized spacial score (nSPS) is 16.5. The minimum atomic E-state index is -4.42. The molecule has 0 radical (unpaired) electrons. The van der Waals surface area contributed by atoms with Crippen molar-refractivity contribution in [1.29, 1.82) is 0 Å². The molecule has 31 heavy (non-hydrogen) atoms. The zero-order valence-electron chi connectivity index (χ0n) is 16.3. The topological polar surface area (TPSA) is 63.1 Å². The van der Waals surface area contributed by atoms with Gasteiger partial charge in [-0.15, -0.1) is 0 Å². The number of halogens is 4. The smallest absolute Gasteiger partial charge is 0.354 e. The number of anilines is 1. The van der Waals surface area contributed by atoms with Gasteiger partial charge in [0.1, 0.15) is 18.2 Å². The van der Waals surface area contributed by atoms with Gasteiger partial charge in [0, 0.05) is 37.1 Å². The van der Waals surface area contributed by atoms with E-state index >= 15 is 0 Å². The second-order valence-corrected chi connectivity index (χ2v) is 7.34. The van der Waals surface area contributed by atoms with Crippen molar-refractivity contribution in [3.8, 4) is 11.1 Å². The maximum Gasteiger partial charge on any atom is 0.417 e. The molecule has 0 bridgehead atoms. The van der Waals surface area contributed by atoms with Gasteiger partial charge in [-0.2, -0.15) is 18.3 Å². The molecule has 3 aromatic rings. The first-order valence-electron chi connectivity index (χ1n) is 9.64. The van der Waals surface area contributed by atoms with Gasteiger partial charge in [-0.3, -0.25) is 9.48 Å². The van der Waals surface area contributed by atoms with E-state index in [1.54, 1.807) is 24.5 Å². The summed E-state index contributed by atoms with van der Waals surface area (Å²) in [4.78, 5) is 18.1. The third-order valence-corrected chi connectivity index (χ3v) is 5.07. The van der Waals surface area contributed by atoms with Gasteiger partial charge >= 0.3 is 6.18 Å². The summed E-state index contributed by atoms with van der Waals surface area (Å²) < 4.78 is 52.6. The zero-order chi connectivity index (χ0) is 22.0. The molecule has 1 amide bonds. The quantitative estimate of drug-likeness (QED) is 0.626. The highest BCUT2D eigenvalue weighted by Crippen LogP contribution is 2.30. The molecule has 1 aliphatic heterocycles. The Kier molecular flexibility index (Phi) is 5.62. The van der Waals surface area contributed by atoms with Gasteiger partial charge in [-0.05, 0) is 36.2 Å². The molecule has 1 saturated heterocycles. The van der Waals surface area contributed by atoms with E-state index in [1.165, 1.54) is 22.9 Å². The summed E-state index contributed by atoms with van der Waals surface area (Å²) in [5, 5.41) is 7.09. The molecule has 1 aliphatic rings. The molecule has 0 spiro atoms. The molecule has 6 nitrogen and oxygen atoms in total. The number of pyridine rings is 1. The number of nitrogens with zero attached hydrogens (tertiary/aromatic N) is 4. The van der Waals surface area contributed by atoms with Crippen LogP contribution in [0.4, 0.5) is 23.4 Å². The Balaban J connectivity index is 1.30. The minimum absolute atomic E-state index is 0.0240. The van der Waals surface area contributed by atoms with Gasteiger partial charge in [0.25, 0.3) is 0 Å². The van der Waals surface area contributed by atoms with Crippen LogP contribution in [-0.4, -0.2) is 39.8 Å². The van der Waals surface area contributed by atoms with Crippen molar-refractivity contribution in [2.24, 2.45) is 0 Å². The highest BCUT2D eigenvalue weighted by atomic mass is 19.4. The second-order valence-electron chi connectivity index (χ2n) is 7.34. The number of alkyl halides is 3. The number of carbonyl (C=O) groups is 1. The third kappa shape index (κ3) is 5.01. The lowest BCUT2D eigenvalue weighted by molar-refractivity contribution is -0.137. The van der Waals surface area contributed by atoms with Gasteiger partial charge in [-0.25, -0.2) is 9.37 Å². The van der Waals surface area contributed by atoms with E-state index in [0.29, 0.717) is 25.3 Å². The molecule has 1 N–H and O–H groups in total. The van der Waals surface area contributed by atoms with Gasteiger partial charge in [0.05, 0.1) is 11.8 Å². The number of hydrogen-bond donors (Lipinski definition) is 1. The molecule has 2 aromatic heterocycles. The Morgan fingerprint density at radius 1 is 1.10 bits per heavy atom. The summed E-state index contributed by atoms with van der Waals surface area (Å²) in [6, 6.07) is 8.20. The average molecular weight is 433 g/mol. The Labute approximate surface area is 175 Å². The summed E-state index contributed by atoms with van der Waals surface area (Å²) >= 11 is 0. The Morgan fingerprint density at radius 2 is 1.87 bits per heavy atom. The molecule has 0 saturated carbocycles. The predicted molar refractivity (Wildman–Crippen MR) is 106 cm³/mol. The van der Waals surface area contributed by atoms with E-state index in [0.717, 1.165) is 23.4 Å². The number of carbonyl (C=O) groups excluding carboxylic acids is 1. The third-order valence-electron chi connectivity index (χ3n) is 5.07. The maximum atomic E-state index is 13.0. The highest BCUT2D eigenvalue weighted by Gasteiger charge is 2.31. The van der Waals surface area contributed by atoms with E-state index in [4.69, 9.17) is 0 Å². The van der Waals surface area contributed by atoms with Crippen LogP contribution in [0.2, 0.25) is 0 Å². The number of amides is 1. The lowest BCUT2D eigenvalue weighted by Gasteiger charge is -2.18. The fourth-order valence-corrected chi connectivity index (χ4v) is 3.49. The van der Waals surface area contributed by atoms with E-state index in [1.807, 2.05) is 4.90 Å². The highest BCUT2D eigenvalue weighted by molar-refractivity contribution is 5.76. The first-order chi connectivity index (χ1) is 14.8. The summed E-state index contributed by atoms with van der Waals surface area (Å²) in [7, 11) is 0. The van der Waals surface area contributed by atoms with Gasteiger partial charge in [0.15, 0.2) is 0 Å². The van der Waals surface area contributed by atoms with Crippen LogP contribution in [0, 0.1) is 5.82 Å². The number of benzene rings is 1. The van der Waals surface area contributed by atoms with E-state index in [2.05, 4.69) is 15.4 Å². The first-order valence-corrected chi connectivity index (χ1v) is 9.64. The van der Waals surface area contributed by atoms with Crippen molar-refractivity contribution < 1.29 is 22.4 Å². The van der Waals surface area contributed by atoms with Crippen molar-refractivity contribution in [2.75, 3.05) is 18.0 Å². The monoisotopic (exact) mass is 433 g/mol. The van der Waals surface area contributed by atoms with Crippen molar-refractivity contribution in [1.82, 2.24) is 20.1 Å². The average Bonchev–Trinajstić information content (AvgIpc) is 3.38. The number of rotatable bonds is 5. The summed E-state index contributed by atoms with van der Waals surface area (Å²) in [5.41, 5.74) is 0.774. The van der Waals surface area contributed by atoms with Crippen LogP contribution in [0.5, 0.6) is 0 Å². The van der Waals surface area contributed by atoms with Gasteiger partial charge < -0.3 is 10.2 Å². The molecule has 4 rings (SSSR count). The Morgan fingerprint density at radius 3 is 2.55 bits per heavy atom. The van der Waals surface area contributed by atoms with Crippen molar-refractivity contribution in [2.45, 2.75) is 25.2 Å². The second kappa shape index (κ2) is 8.37. The van der Waals surface area contributed by atoms with Crippen LogP contribution < -0.4 is 10.2 Å². The molecule has 1 unspecified atom stereocenters. The number of nitrogens with one attached hydrogen (secondary N) is 1. The van der Waals surface area contributed by atoms with Crippen LogP contribution in [-0.2, 0) is 17.5 Å². The molecule has 1 fully saturated rings. The van der Waals surface area contributed by atoms with Crippen molar-refractivity contribution in [3.05, 3.63) is 66.4 Å². The van der Waals surface area contributed by atoms with Gasteiger partial charge in [0.2, 0.25) is 5.91 Å². The maximum absolute atomic E-state index is 13.0. The predicted octanol–water partition coefficient (Wildman–Crippen LogP) is 3.50. The van der Waals surface area contributed by atoms with Crippen LogP contribution in [0.3, 0.4) is 0 Å². The zero-order valence-corrected chi connectivity index (χ0v) is 16.3. The van der Waals surface area contributed by atoms with E-state index in [-0.39, 0.29) is 24.3 Å². The molecule has 3 heterocycles. The molecule has 1 aromatic carbocycles. The fourth-order valence-electron chi connectivity index (χ4n) is 3.49. The van der Waals surface area contributed by atoms with E-state index < -0.39 is 11.7 Å². The lowest BCUT2D eigenvalue weighted by atomic mass is 10.1. The fraction of sp³-hybridized carbons (Fsp3) is 0.286. The first kappa shape index (κ1) is 20.8. The minimum Gasteiger partial charge on any atom is -0.354 e. The van der Waals surface area contributed by atoms with Crippen LogP contribution in [0.15, 0.2) is 55.0 Å². The van der Waals surface area contributed by atoms with Crippen LogP contribution >= 0.6 is 0 Å². The number of hydrogen-bond acceptors (Lipinski definition) is 4. The molecular formula is C21H19F4N5O.